The van der Waals surface area contributed by atoms with Gasteiger partial charge in [0.15, 0.2) is 0 Å². The molecule has 86 valence electrons. The minimum atomic E-state index is 0.807. The maximum atomic E-state index is 4.96. The summed E-state index contributed by atoms with van der Waals surface area (Å²) in [5.41, 5.74) is 0. The number of nitrogens with one attached hydrogen (secondary N) is 1. The van der Waals surface area contributed by atoms with Crippen LogP contribution in [-0.4, -0.2) is 51.3 Å². The highest BCUT2D eigenvalue weighted by Crippen LogP contribution is 1.93. The summed E-state index contributed by atoms with van der Waals surface area (Å²) in [6, 6.07) is 0. The molecule has 0 rings (SSSR count). The lowest BCUT2D eigenvalue weighted by Crippen LogP contribution is -2.33. The van der Waals surface area contributed by atoms with Gasteiger partial charge in [0.2, 0.25) is 0 Å². The Morgan fingerprint density at radius 2 is 1.93 bits per heavy atom. The van der Waals surface area contributed by atoms with E-state index < -0.39 is 0 Å². The zero-order valence-corrected chi connectivity index (χ0v) is 10.0. The van der Waals surface area contributed by atoms with E-state index in [4.69, 9.17) is 4.74 Å². The zero-order chi connectivity index (χ0) is 10.6. The summed E-state index contributed by atoms with van der Waals surface area (Å²) in [5.74, 6) is 0. The van der Waals surface area contributed by atoms with Crippen molar-refractivity contribution in [3.05, 3.63) is 0 Å². The van der Waals surface area contributed by atoms with Crippen LogP contribution in [0.4, 0.5) is 0 Å². The quantitative estimate of drug-likeness (QED) is 0.541. The minimum absolute atomic E-state index is 0.807. The smallest absolute Gasteiger partial charge is 0.0587 e. The minimum Gasteiger partial charge on any atom is -0.383 e. The zero-order valence-electron chi connectivity index (χ0n) is 10.0. The Kier molecular flexibility index (Phi) is 10.9. The van der Waals surface area contributed by atoms with Gasteiger partial charge in [0.1, 0.15) is 0 Å². The van der Waals surface area contributed by atoms with Gasteiger partial charge in [-0.3, -0.25) is 0 Å². The van der Waals surface area contributed by atoms with Crippen molar-refractivity contribution >= 4 is 0 Å². The molecule has 0 unspecified atom stereocenters. The molecule has 0 amide bonds. The largest absolute Gasteiger partial charge is 0.383 e. The lowest BCUT2D eigenvalue weighted by molar-refractivity contribution is 0.196. The van der Waals surface area contributed by atoms with Gasteiger partial charge in [-0.25, -0.2) is 0 Å². The number of rotatable bonds is 10. The van der Waals surface area contributed by atoms with Crippen LogP contribution in [0.1, 0.15) is 26.7 Å². The van der Waals surface area contributed by atoms with Crippen molar-refractivity contribution in [3.8, 4) is 0 Å². The molecular formula is C11H26N2O. The van der Waals surface area contributed by atoms with Crippen LogP contribution >= 0.6 is 0 Å². The van der Waals surface area contributed by atoms with E-state index in [-0.39, 0.29) is 0 Å². The van der Waals surface area contributed by atoms with Crippen molar-refractivity contribution in [3.63, 3.8) is 0 Å². The second-order valence-electron chi connectivity index (χ2n) is 3.53. The highest BCUT2D eigenvalue weighted by Gasteiger charge is 1.99. The molecular weight excluding hydrogens is 176 g/mol. The standard InChI is InChI=1S/C11H26N2O/c1-4-6-9-13(5-2)10-7-12-8-11-14-3/h12H,4-11H2,1-3H3. The van der Waals surface area contributed by atoms with Gasteiger partial charge in [0, 0.05) is 26.7 Å². The van der Waals surface area contributed by atoms with E-state index in [0.29, 0.717) is 0 Å². The molecule has 0 aromatic carbocycles. The van der Waals surface area contributed by atoms with E-state index in [2.05, 4.69) is 24.1 Å². The van der Waals surface area contributed by atoms with Crippen molar-refractivity contribution in [1.82, 2.24) is 10.2 Å². The average molecular weight is 202 g/mol. The van der Waals surface area contributed by atoms with Gasteiger partial charge in [-0.15, -0.1) is 0 Å². The number of unbranched alkanes of at least 4 members (excludes halogenated alkanes) is 1. The molecule has 0 aromatic heterocycles. The molecule has 0 bridgehead atoms. The molecule has 1 N–H and O–H groups in total. The topological polar surface area (TPSA) is 24.5 Å². The number of hydrogen-bond acceptors (Lipinski definition) is 3. The molecule has 0 aliphatic carbocycles. The third kappa shape index (κ3) is 8.48. The Labute approximate surface area is 88.8 Å². The third-order valence-corrected chi connectivity index (χ3v) is 2.36. The molecule has 0 saturated carbocycles. The van der Waals surface area contributed by atoms with Gasteiger partial charge in [-0.1, -0.05) is 20.3 Å². The highest BCUT2D eigenvalue weighted by molar-refractivity contribution is 4.57. The second-order valence-corrected chi connectivity index (χ2v) is 3.53. The van der Waals surface area contributed by atoms with Gasteiger partial charge < -0.3 is 15.0 Å². The maximum absolute atomic E-state index is 4.96. The second kappa shape index (κ2) is 11.0. The van der Waals surface area contributed by atoms with Crippen LogP contribution in [-0.2, 0) is 4.74 Å². The fourth-order valence-electron chi connectivity index (χ4n) is 1.35. The van der Waals surface area contributed by atoms with Crippen molar-refractivity contribution in [2.24, 2.45) is 0 Å². The number of hydrogen-bond donors (Lipinski definition) is 1. The van der Waals surface area contributed by atoms with Crippen LogP contribution in [0.5, 0.6) is 0 Å². The molecule has 0 radical (unpaired) electrons. The molecule has 0 atom stereocenters. The van der Waals surface area contributed by atoms with Crippen LogP contribution < -0.4 is 5.32 Å². The predicted octanol–water partition coefficient (Wildman–Crippen LogP) is 1.34. The van der Waals surface area contributed by atoms with E-state index >= 15 is 0 Å². The molecule has 0 heterocycles. The first-order valence-electron chi connectivity index (χ1n) is 5.77. The summed E-state index contributed by atoms with van der Waals surface area (Å²) in [6.45, 7) is 10.9. The highest BCUT2D eigenvalue weighted by atomic mass is 16.5. The van der Waals surface area contributed by atoms with Crippen LogP contribution in [0.3, 0.4) is 0 Å². The lowest BCUT2D eigenvalue weighted by atomic mass is 10.3. The van der Waals surface area contributed by atoms with E-state index in [0.717, 1.165) is 32.8 Å². The Bertz CT molecular complexity index is 109. The lowest BCUT2D eigenvalue weighted by Gasteiger charge is -2.20. The normalized spacial score (nSPS) is 11.1. The summed E-state index contributed by atoms with van der Waals surface area (Å²) in [6.07, 6.45) is 2.60. The van der Waals surface area contributed by atoms with E-state index in [9.17, 15) is 0 Å². The van der Waals surface area contributed by atoms with Gasteiger partial charge in [-0.2, -0.15) is 0 Å². The first-order chi connectivity index (χ1) is 6.85. The predicted molar refractivity (Wildman–Crippen MR) is 61.8 cm³/mol. The first-order valence-corrected chi connectivity index (χ1v) is 5.77. The molecule has 0 aliphatic heterocycles. The molecule has 3 heteroatoms. The fraction of sp³-hybridized carbons (Fsp3) is 1.00. The number of nitrogens with zero attached hydrogens (tertiary/aromatic N) is 1. The van der Waals surface area contributed by atoms with Crippen molar-refractivity contribution in [2.75, 3.05) is 46.4 Å². The van der Waals surface area contributed by atoms with E-state index in [1.807, 2.05) is 0 Å². The summed E-state index contributed by atoms with van der Waals surface area (Å²) in [4.78, 5) is 2.49. The average Bonchev–Trinajstić information content (AvgIpc) is 2.22. The SMILES string of the molecule is CCCCN(CC)CCNCCOC. The Hall–Kier alpha value is -0.120. The van der Waals surface area contributed by atoms with Gasteiger partial charge in [0.05, 0.1) is 6.61 Å². The Morgan fingerprint density at radius 3 is 2.50 bits per heavy atom. The summed E-state index contributed by atoms with van der Waals surface area (Å²) in [7, 11) is 1.74. The number of ether oxygens (including phenoxy) is 1. The van der Waals surface area contributed by atoms with Crippen LogP contribution in [0.15, 0.2) is 0 Å². The Balaban J connectivity index is 3.24. The molecule has 3 nitrogen and oxygen atoms in total. The third-order valence-electron chi connectivity index (χ3n) is 2.36. The molecule has 0 spiro atoms. The maximum Gasteiger partial charge on any atom is 0.0587 e. The molecule has 0 saturated heterocycles. The summed E-state index contributed by atoms with van der Waals surface area (Å²) < 4.78 is 4.96. The van der Waals surface area contributed by atoms with E-state index in [1.165, 1.54) is 19.4 Å². The van der Waals surface area contributed by atoms with Crippen molar-refractivity contribution in [2.45, 2.75) is 26.7 Å². The van der Waals surface area contributed by atoms with E-state index in [1.54, 1.807) is 7.11 Å². The van der Waals surface area contributed by atoms with Crippen molar-refractivity contribution < 1.29 is 4.74 Å². The molecule has 14 heavy (non-hydrogen) atoms. The summed E-state index contributed by atoms with van der Waals surface area (Å²) in [5, 5.41) is 3.36. The van der Waals surface area contributed by atoms with Crippen molar-refractivity contribution in [1.29, 1.82) is 0 Å². The van der Waals surface area contributed by atoms with Crippen LogP contribution in [0.2, 0.25) is 0 Å². The first kappa shape index (κ1) is 13.9. The monoisotopic (exact) mass is 202 g/mol. The number of likely N-dealkylation sites (N-methyl/N-ethyl adjacent to an activating group) is 1. The van der Waals surface area contributed by atoms with Gasteiger partial charge in [-0.05, 0) is 19.5 Å². The van der Waals surface area contributed by atoms with Gasteiger partial charge in [0.25, 0.3) is 0 Å². The molecule has 0 aromatic rings. The fourth-order valence-corrected chi connectivity index (χ4v) is 1.35. The van der Waals surface area contributed by atoms with Crippen LogP contribution in [0, 0.1) is 0 Å². The van der Waals surface area contributed by atoms with Crippen LogP contribution in [0.25, 0.3) is 0 Å². The molecule has 0 aliphatic rings. The number of methoxy groups -OCH3 is 1. The Morgan fingerprint density at radius 1 is 1.14 bits per heavy atom. The van der Waals surface area contributed by atoms with Gasteiger partial charge >= 0.3 is 0 Å². The molecule has 0 fully saturated rings. The summed E-state index contributed by atoms with van der Waals surface area (Å²) >= 11 is 0.